The van der Waals surface area contributed by atoms with E-state index in [-0.39, 0.29) is 5.91 Å². The molecule has 3 heteroatoms. The van der Waals surface area contributed by atoms with Crippen LogP contribution in [0.4, 0.5) is 5.69 Å². The van der Waals surface area contributed by atoms with E-state index in [1.807, 2.05) is 67.7 Å². The van der Waals surface area contributed by atoms with Crippen LogP contribution in [0.2, 0.25) is 0 Å². The van der Waals surface area contributed by atoms with Crippen LogP contribution in [0.5, 0.6) is 0 Å². The van der Waals surface area contributed by atoms with Crippen LogP contribution in [0, 0.1) is 5.92 Å². The number of carbonyl (C=O) groups is 1. The number of allylic oxidation sites excluding steroid dienone is 5. The van der Waals surface area contributed by atoms with E-state index in [9.17, 15) is 4.79 Å². The van der Waals surface area contributed by atoms with Gasteiger partial charge in [-0.05, 0) is 92.2 Å². The number of hydrogen-bond donors (Lipinski definition) is 1. The molecule has 1 N–H and O–H groups in total. The van der Waals surface area contributed by atoms with Gasteiger partial charge >= 0.3 is 0 Å². The SMILES string of the molecule is CC=N\C=C/C(C)=C(/C=C(\C)c1ccc(C(=O)Nc2ccccc2)cc1)C(CC)CCC. The molecule has 0 aliphatic rings. The summed E-state index contributed by atoms with van der Waals surface area (Å²) < 4.78 is 0. The molecular weight excluding hydrogens is 392 g/mol. The summed E-state index contributed by atoms with van der Waals surface area (Å²) in [5.41, 5.74) is 6.36. The van der Waals surface area contributed by atoms with E-state index in [4.69, 9.17) is 0 Å². The fraction of sp³-hybridized carbons (Fsp3) is 0.310. The molecule has 2 aromatic carbocycles. The Morgan fingerprint density at radius 2 is 1.66 bits per heavy atom. The maximum Gasteiger partial charge on any atom is 0.255 e. The number of anilines is 1. The molecule has 0 saturated carbocycles. The highest BCUT2D eigenvalue weighted by molar-refractivity contribution is 6.04. The molecule has 1 atom stereocenters. The van der Waals surface area contributed by atoms with Gasteiger partial charge in [0.15, 0.2) is 0 Å². The first-order valence-electron chi connectivity index (χ1n) is 11.5. The summed E-state index contributed by atoms with van der Waals surface area (Å²) in [7, 11) is 0. The van der Waals surface area contributed by atoms with Gasteiger partial charge in [0, 0.05) is 23.7 Å². The summed E-state index contributed by atoms with van der Waals surface area (Å²) in [5.74, 6) is 0.414. The summed E-state index contributed by atoms with van der Waals surface area (Å²) in [6.45, 7) is 10.7. The number of carbonyl (C=O) groups excluding carboxylic acids is 1. The number of nitrogens with zero attached hydrogens (tertiary/aromatic N) is 1. The molecule has 32 heavy (non-hydrogen) atoms. The Morgan fingerprint density at radius 3 is 2.25 bits per heavy atom. The normalized spacial score (nSPS) is 14.0. The minimum Gasteiger partial charge on any atom is -0.322 e. The van der Waals surface area contributed by atoms with E-state index in [0.717, 1.165) is 30.5 Å². The summed E-state index contributed by atoms with van der Waals surface area (Å²) >= 11 is 0. The molecular formula is C29H36N2O. The lowest BCUT2D eigenvalue weighted by atomic mass is 9.86. The molecule has 1 unspecified atom stereocenters. The van der Waals surface area contributed by atoms with Crippen molar-refractivity contribution in [1.29, 1.82) is 0 Å². The van der Waals surface area contributed by atoms with E-state index in [0.29, 0.717) is 11.5 Å². The molecule has 2 aromatic rings. The van der Waals surface area contributed by atoms with Crippen LogP contribution in [-0.2, 0) is 0 Å². The summed E-state index contributed by atoms with van der Waals surface area (Å²) in [4.78, 5) is 16.8. The first kappa shape index (κ1) is 25.1. The maximum atomic E-state index is 12.5. The Hall–Kier alpha value is -3.20. The van der Waals surface area contributed by atoms with Crippen LogP contribution >= 0.6 is 0 Å². The number of hydrogen-bond acceptors (Lipinski definition) is 2. The molecule has 0 saturated heterocycles. The van der Waals surface area contributed by atoms with Crippen LogP contribution in [0.3, 0.4) is 0 Å². The molecule has 0 aliphatic heterocycles. The molecule has 0 fully saturated rings. The number of amides is 1. The van der Waals surface area contributed by atoms with Crippen molar-refractivity contribution >= 4 is 23.4 Å². The molecule has 1 amide bonds. The molecule has 0 bridgehead atoms. The second kappa shape index (κ2) is 13.3. The van der Waals surface area contributed by atoms with Crippen LogP contribution in [0.15, 0.2) is 89.1 Å². The minimum absolute atomic E-state index is 0.101. The first-order valence-corrected chi connectivity index (χ1v) is 11.5. The zero-order valence-electron chi connectivity index (χ0n) is 20.1. The Labute approximate surface area is 193 Å². The Kier molecular flexibility index (Phi) is 10.4. The fourth-order valence-electron chi connectivity index (χ4n) is 3.74. The van der Waals surface area contributed by atoms with Crippen molar-refractivity contribution in [3.05, 3.63) is 95.2 Å². The predicted octanol–water partition coefficient (Wildman–Crippen LogP) is 8.09. The van der Waals surface area contributed by atoms with Gasteiger partial charge in [0.1, 0.15) is 0 Å². The Balaban J connectivity index is 2.28. The largest absolute Gasteiger partial charge is 0.322 e. The van der Waals surface area contributed by atoms with Gasteiger partial charge in [-0.1, -0.05) is 56.7 Å². The quantitative estimate of drug-likeness (QED) is 0.301. The van der Waals surface area contributed by atoms with E-state index >= 15 is 0 Å². The highest BCUT2D eigenvalue weighted by atomic mass is 16.1. The summed E-state index contributed by atoms with van der Waals surface area (Å²) in [5, 5.41) is 2.93. The molecule has 0 aromatic heterocycles. The van der Waals surface area contributed by atoms with E-state index in [1.165, 1.54) is 16.7 Å². The van der Waals surface area contributed by atoms with Gasteiger partial charge in [-0.25, -0.2) is 0 Å². The number of aliphatic imine (C=N–C) groups is 1. The fourth-order valence-corrected chi connectivity index (χ4v) is 3.74. The third kappa shape index (κ3) is 7.49. The number of nitrogens with one attached hydrogen (secondary N) is 1. The molecule has 0 heterocycles. The smallest absolute Gasteiger partial charge is 0.255 e. The van der Waals surface area contributed by atoms with E-state index in [2.05, 4.69) is 50.2 Å². The Morgan fingerprint density at radius 1 is 1.00 bits per heavy atom. The molecule has 0 spiro atoms. The standard InChI is InChI=1S/C29H36N2O/c1-6-12-24(7-2)28(22(4)19-20-30-8-3)21-23(5)25-15-17-26(18-16-25)29(32)31-27-13-10-9-11-14-27/h8-11,13-21,24H,6-7,12H2,1-5H3,(H,31,32)/b20-19-,23-21+,28-22-,30-8?. The molecule has 168 valence electrons. The molecule has 0 radical (unpaired) electrons. The lowest BCUT2D eigenvalue weighted by molar-refractivity contribution is 0.102. The summed E-state index contributed by atoms with van der Waals surface area (Å²) in [6, 6.07) is 17.3. The van der Waals surface area contributed by atoms with Crippen molar-refractivity contribution in [1.82, 2.24) is 0 Å². The van der Waals surface area contributed by atoms with Crippen LogP contribution in [0.25, 0.3) is 5.57 Å². The van der Waals surface area contributed by atoms with Crippen LogP contribution in [-0.4, -0.2) is 12.1 Å². The monoisotopic (exact) mass is 428 g/mol. The van der Waals surface area contributed by atoms with Crippen molar-refractivity contribution < 1.29 is 4.79 Å². The maximum absolute atomic E-state index is 12.5. The summed E-state index contributed by atoms with van der Waals surface area (Å²) in [6.07, 6.45) is 11.5. The number of para-hydroxylation sites is 1. The first-order chi connectivity index (χ1) is 15.5. The highest BCUT2D eigenvalue weighted by Crippen LogP contribution is 2.29. The molecule has 0 aliphatic carbocycles. The van der Waals surface area contributed by atoms with Gasteiger partial charge in [-0.2, -0.15) is 0 Å². The molecule has 3 nitrogen and oxygen atoms in total. The van der Waals surface area contributed by atoms with E-state index in [1.54, 1.807) is 6.21 Å². The van der Waals surface area contributed by atoms with Crippen LogP contribution < -0.4 is 5.32 Å². The van der Waals surface area contributed by atoms with Crippen molar-refractivity contribution in [3.8, 4) is 0 Å². The number of rotatable bonds is 10. The second-order valence-corrected chi connectivity index (χ2v) is 7.98. The number of benzene rings is 2. The average molecular weight is 429 g/mol. The van der Waals surface area contributed by atoms with Crippen molar-refractivity contribution in [3.63, 3.8) is 0 Å². The highest BCUT2D eigenvalue weighted by Gasteiger charge is 2.13. The van der Waals surface area contributed by atoms with Gasteiger partial charge in [0.05, 0.1) is 0 Å². The van der Waals surface area contributed by atoms with Gasteiger partial charge in [-0.3, -0.25) is 9.79 Å². The second-order valence-electron chi connectivity index (χ2n) is 7.98. The zero-order valence-corrected chi connectivity index (χ0v) is 20.1. The Bertz CT molecular complexity index is 980. The lowest BCUT2D eigenvalue weighted by Crippen LogP contribution is -2.11. The minimum atomic E-state index is -0.101. The van der Waals surface area contributed by atoms with Gasteiger partial charge < -0.3 is 5.32 Å². The molecule has 2 rings (SSSR count). The lowest BCUT2D eigenvalue weighted by Gasteiger charge is -2.19. The average Bonchev–Trinajstić information content (AvgIpc) is 2.82. The van der Waals surface area contributed by atoms with Crippen molar-refractivity contribution in [2.45, 2.75) is 53.9 Å². The van der Waals surface area contributed by atoms with Gasteiger partial charge in [0.25, 0.3) is 5.91 Å². The van der Waals surface area contributed by atoms with E-state index < -0.39 is 0 Å². The topological polar surface area (TPSA) is 41.5 Å². The van der Waals surface area contributed by atoms with Crippen molar-refractivity contribution in [2.24, 2.45) is 10.9 Å². The third-order valence-electron chi connectivity index (χ3n) is 5.59. The third-order valence-corrected chi connectivity index (χ3v) is 5.59. The van der Waals surface area contributed by atoms with Crippen molar-refractivity contribution in [2.75, 3.05) is 5.32 Å². The van der Waals surface area contributed by atoms with Gasteiger partial charge in [0.2, 0.25) is 0 Å². The van der Waals surface area contributed by atoms with Gasteiger partial charge in [-0.15, -0.1) is 0 Å². The predicted molar refractivity (Wildman–Crippen MR) is 139 cm³/mol. The zero-order chi connectivity index (χ0) is 23.3. The van der Waals surface area contributed by atoms with Crippen LogP contribution in [0.1, 0.15) is 69.8 Å².